The van der Waals surface area contributed by atoms with Crippen LogP contribution in [0, 0.1) is 10.8 Å². The van der Waals surface area contributed by atoms with E-state index in [9.17, 15) is 24.9 Å². The molecule has 0 aromatic heterocycles. The minimum Gasteiger partial charge on any atom is -0.387 e. The fourth-order valence-corrected chi connectivity index (χ4v) is 2.17. The fraction of sp³-hybridized carbons (Fsp3) is 0.867. The Labute approximate surface area is 125 Å². The number of aliphatic hydroxyl groups is 3. The molecule has 0 aromatic carbocycles. The molecular formula is C15H26O6. The lowest BCUT2D eigenvalue weighted by atomic mass is 9.79. The van der Waals surface area contributed by atoms with Crippen LogP contribution in [0.1, 0.15) is 41.5 Å². The second kappa shape index (κ2) is 5.76. The summed E-state index contributed by atoms with van der Waals surface area (Å²) in [4.78, 5) is 24.6. The summed E-state index contributed by atoms with van der Waals surface area (Å²) >= 11 is 0. The maximum absolute atomic E-state index is 12.3. The lowest BCUT2D eigenvalue weighted by Crippen LogP contribution is -2.63. The maximum atomic E-state index is 12.3. The van der Waals surface area contributed by atoms with E-state index in [0.717, 1.165) is 0 Å². The molecule has 0 radical (unpaired) electrons. The van der Waals surface area contributed by atoms with Crippen molar-refractivity contribution < 1.29 is 29.6 Å². The van der Waals surface area contributed by atoms with Gasteiger partial charge in [-0.2, -0.15) is 0 Å². The molecule has 1 saturated heterocycles. The third kappa shape index (κ3) is 3.69. The van der Waals surface area contributed by atoms with Gasteiger partial charge in [-0.25, -0.2) is 0 Å². The van der Waals surface area contributed by atoms with Gasteiger partial charge in [-0.05, 0) is 0 Å². The number of ketones is 2. The van der Waals surface area contributed by atoms with E-state index >= 15 is 0 Å². The number of Topliss-reactive ketones (excluding diaryl/α,β-unsaturated/α-hetero) is 2. The Hall–Kier alpha value is -0.820. The first kappa shape index (κ1) is 18.2. The molecule has 0 spiro atoms. The van der Waals surface area contributed by atoms with Crippen LogP contribution in [-0.2, 0) is 14.3 Å². The molecule has 6 heteroatoms. The van der Waals surface area contributed by atoms with Crippen LogP contribution in [-0.4, -0.2) is 57.4 Å². The number of ether oxygens (including phenoxy) is 1. The molecule has 1 unspecified atom stereocenters. The van der Waals surface area contributed by atoms with Gasteiger partial charge in [0.2, 0.25) is 0 Å². The van der Waals surface area contributed by atoms with Crippen LogP contribution < -0.4 is 0 Å². The lowest BCUT2D eigenvalue weighted by Gasteiger charge is -2.42. The Kier molecular flexibility index (Phi) is 5.00. The summed E-state index contributed by atoms with van der Waals surface area (Å²) in [6, 6.07) is 0. The highest BCUT2D eigenvalue weighted by Crippen LogP contribution is 2.31. The lowest BCUT2D eigenvalue weighted by molar-refractivity contribution is -0.222. The molecule has 0 saturated carbocycles. The number of rotatable bonds is 2. The zero-order valence-corrected chi connectivity index (χ0v) is 13.5. The summed E-state index contributed by atoms with van der Waals surface area (Å²) in [6.45, 7) is 9.94. The van der Waals surface area contributed by atoms with Gasteiger partial charge in [0.1, 0.15) is 30.5 Å². The Morgan fingerprint density at radius 2 is 1.00 bits per heavy atom. The summed E-state index contributed by atoms with van der Waals surface area (Å²) in [5.74, 6) is -0.847. The molecule has 0 aromatic rings. The van der Waals surface area contributed by atoms with Gasteiger partial charge in [0.25, 0.3) is 0 Å². The van der Waals surface area contributed by atoms with Crippen molar-refractivity contribution in [2.45, 2.75) is 72.1 Å². The van der Waals surface area contributed by atoms with Crippen molar-refractivity contribution in [3.05, 3.63) is 0 Å². The Bertz CT molecular complexity index is 379. The van der Waals surface area contributed by atoms with Crippen LogP contribution in [0.3, 0.4) is 0 Å². The zero-order chi connectivity index (χ0) is 16.7. The Morgan fingerprint density at radius 1 is 0.714 bits per heavy atom. The zero-order valence-electron chi connectivity index (χ0n) is 13.5. The molecule has 5 atom stereocenters. The number of carbonyl (C=O) groups excluding carboxylic acids is 2. The van der Waals surface area contributed by atoms with Gasteiger partial charge in [-0.15, -0.1) is 0 Å². The smallest absolute Gasteiger partial charge is 0.169 e. The van der Waals surface area contributed by atoms with Crippen LogP contribution in [0.5, 0.6) is 0 Å². The highest BCUT2D eigenvalue weighted by atomic mass is 16.5. The summed E-state index contributed by atoms with van der Waals surface area (Å²) in [5, 5.41) is 29.9. The second-order valence-electron chi connectivity index (χ2n) is 7.68. The van der Waals surface area contributed by atoms with Crippen LogP contribution >= 0.6 is 0 Å². The number of aliphatic hydroxyl groups excluding tert-OH is 3. The fourth-order valence-electron chi connectivity index (χ4n) is 2.17. The summed E-state index contributed by atoms with van der Waals surface area (Å²) in [6.07, 6.45) is -7.39. The number of carbonyl (C=O) groups is 2. The van der Waals surface area contributed by atoms with Crippen LogP contribution in [0.2, 0.25) is 0 Å². The first-order valence-corrected chi connectivity index (χ1v) is 7.06. The van der Waals surface area contributed by atoms with Crippen molar-refractivity contribution >= 4 is 11.6 Å². The third-order valence-corrected chi connectivity index (χ3v) is 3.61. The number of hydrogen-bond donors (Lipinski definition) is 3. The molecule has 1 aliphatic rings. The molecule has 1 fully saturated rings. The van der Waals surface area contributed by atoms with Crippen molar-refractivity contribution in [1.82, 2.24) is 0 Å². The Balaban J connectivity index is 3.10. The average Bonchev–Trinajstić information content (AvgIpc) is 2.32. The highest BCUT2D eigenvalue weighted by Gasteiger charge is 2.52. The molecule has 3 N–H and O–H groups in total. The molecule has 21 heavy (non-hydrogen) atoms. The molecule has 1 rings (SSSR count). The largest absolute Gasteiger partial charge is 0.387 e. The van der Waals surface area contributed by atoms with Crippen molar-refractivity contribution in [2.75, 3.05) is 0 Å². The number of hydrogen-bond acceptors (Lipinski definition) is 6. The van der Waals surface area contributed by atoms with Crippen LogP contribution in [0.25, 0.3) is 0 Å². The van der Waals surface area contributed by atoms with E-state index < -0.39 is 52.9 Å². The van der Waals surface area contributed by atoms with Gasteiger partial charge in [0.05, 0.1) is 0 Å². The van der Waals surface area contributed by atoms with E-state index in [1.807, 2.05) is 0 Å². The highest BCUT2D eigenvalue weighted by molar-refractivity contribution is 5.91. The van der Waals surface area contributed by atoms with E-state index in [1.54, 1.807) is 41.5 Å². The third-order valence-electron chi connectivity index (χ3n) is 3.61. The molecule has 0 bridgehead atoms. The summed E-state index contributed by atoms with van der Waals surface area (Å²) < 4.78 is 5.40. The van der Waals surface area contributed by atoms with Crippen LogP contribution in [0.4, 0.5) is 0 Å². The minimum absolute atomic E-state index is 0.423. The second-order valence-corrected chi connectivity index (χ2v) is 7.68. The predicted octanol–water partition coefficient (Wildman–Crippen LogP) is 0.0669. The van der Waals surface area contributed by atoms with Gasteiger partial charge >= 0.3 is 0 Å². The van der Waals surface area contributed by atoms with Crippen molar-refractivity contribution in [1.29, 1.82) is 0 Å². The molecule has 6 nitrogen and oxygen atoms in total. The van der Waals surface area contributed by atoms with Gasteiger partial charge in [0.15, 0.2) is 11.6 Å². The normalized spacial score (nSPS) is 34.6. The minimum atomic E-state index is -1.61. The van der Waals surface area contributed by atoms with E-state index in [4.69, 9.17) is 4.74 Å². The standard InChI is InChI=1S/C15H26O6/c1-14(2,3)12(19)10-8(17)7(16)9(18)11(21-10)13(20)15(4,5)6/h7-11,16-18H,1-6H3/t7?,8-,9+,10-,11+. The molecule has 0 amide bonds. The van der Waals surface area contributed by atoms with Crippen molar-refractivity contribution in [2.24, 2.45) is 10.8 Å². The van der Waals surface area contributed by atoms with E-state index in [1.165, 1.54) is 0 Å². The molecule has 1 aliphatic heterocycles. The van der Waals surface area contributed by atoms with E-state index in [2.05, 4.69) is 0 Å². The maximum Gasteiger partial charge on any atom is 0.169 e. The van der Waals surface area contributed by atoms with E-state index in [0.29, 0.717) is 0 Å². The van der Waals surface area contributed by atoms with Gasteiger partial charge < -0.3 is 20.1 Å². The molecular weight excluding hydrogens is 276 g/mol. The Morgan fingerprint density at radius 3 is 1.24 bits per heavy atom. The van der Waals surface area contributed by atoms with Gasteiger partial charge in [-0.1, -0.05) is 41.5 Å². The van der Waals surface area contributed by atoms with Crippen molar-refractivity contribution in [3.8, 4) is 0 Å². The average molecular weight is 302 g/mol. The molecule has 122 valence electrons. The van der Waals surface area contributed by atoms with Crippen molar-refractivity contribution in [3.63, 3.8) is 0 Å². The van der Waals surface area contributed by atoms with Crippen LogP contribution in [0.15, 0.2) is 0 Å². The SMILES string of the molecule is CC(C)(C)C(=O)[C@H]1O[C@@H](C(=O)C(C)(C)C)[C@H](O)C(O)[C@@H]1O. The first-order chi connectivity index (χ1) is 9.28. The monoisotopic (exact) mass is 302 g/mol. The molecule has 1 heterocycles. The quantitative estimate of drug-likeness (QED) is 0.667. The van der Waals surface area contributed by atoms with Gasteiger partial charge in [-0.3, -0.25) is 9.59 Å². The summed E-state index contributed by atoms with van der Waals surface area (Å²) in [5.41, 5.74) is -1.61. The van der Waals surface area contributed by atoms with Gasteiger partial charge in [0, 0.05) is 10.8 Å². The van der Waals surface area contributed by atoms with E-state index in [-0.39, 0.29) is 0 Å². The predicted molar refractivity (Wildman–Crippen MR) is 75.6 cm³/mol. The first-order valence-electron chi connectivity index (χ1n) is 7.06. The topological polar surface area (TPSA) is 104 Å². The summed E-state index contributed by atoms with van der Waals surface area (Å²) in [7, 11) is 0. The molecule has 0 aliphatic carbocycles.